The smallest absolute Gasteiger partial charge is 0.264 e. The van der Waals surface area contributed by atoms with Gasteiger partial charge in [-0.2, -0.15) is 11.8 Å². The number of rotatable bonds is 6. The summed E-state index contributed by atoms with van der Waals surface area (Å²) in [5.74, 6) is 1.02. The molecule has 0 aliphatic heterocycles. The molecule has 7 heteroatoms. The van der Waals surface area contributed by atoms with E-state index < -0.39 is 15.9 Å². The van der Waals surface area contributed by atoms with Gasteiger partial charge in [0.1, 0.15) is 0 Å². The predicted molar refractivity (Wildman–Crippen MR) is 74.4 cm³/mol. The van der Waals surface area contributed by atoms with Crippen LogP contribution in [0, 0.1) is 0 Å². The Balaban J connectivity index is 2.64. The Morgan fingerprint density at radius 1 is 1.33 bits per heavy atom. The Bertz CT molecular complexity index is 500. The van der Waals surface area contributed by atoms with Crippen molar-refractivity contribution in [2.45, 2.75) is 18.2 Å². The molecule has 0 spiro atoms. The maximum Gasteiger partial charge on any atom is 0.264 e. The number of sulfonamides is 1. The molecule has 0 heterocycles. The number of amides is 1. The van der Waals surface area contributed by atoms with E-state index >= 15 is 0 Å². The summed E-state index contributed by atoms with van der Waals surface area (Å²) in [6.07, 6.45) is 0.186. The Morgan fingerprint density at radius 3 is 2.50 bits per heavy atom. The fourth-order valence-electron chi connectivity index (χ4n) is 1.18. The standard InChI is InChI=1S/C11H14ClNO3S2/c1-2-17-8-7-11(14)13-18(15,16)10-5-3-9(12)4-6-10/h3-6H,2,7-8H2,1H3,(H,13,14). The summed E-state index contributed by atoms with van der Waals surface area (Å²) in [5, 5.41) is 0.444. The van der Waals surface area contributed by atoms with Gasteiger partial charge in [-0.1, -0.05) is 18.5 Å². The van der Waals surface area contributed by atoms with Gasteiger partial charge in [-0.15, -0.1) is 0 Å². The van der Waals surface area contributed by atoms with Crippen molar-refractivity contribution in [1.82, 2.24) is 4.72 Å². The molecule has 0 saturated carbocycles. The number of carbonyl (C=O) groups is 1. The number of benzene rings is 1. The summed E-state index contributed by atoms with van der Waals surface area (Å²) in [6.45, 7) is 1.98. The molecule has 1 amide bonds. The van der Waals surface area contributed by atoms with Gasteiger partial charge in [0.2, 0.25) is 5.91 Å². The first-order chi connectivity index (χ1) is 8.45. The number of nitrogens with one attached hydrogen (secondary N) is 1. The van der Waals surface area contributed by atoms with Gasteiger partial charge in [0.05, 0.1) is 4.90 Å². The highest BCUT2D eigenvalue weighted by molar-refractivity contribution is 7.99. The van der Waals surface area contributed by atoms with E-state index in [2.05, 4.69) is 0 Å². The lowest BCUT2D eigenvalue weighted by atomic mass is 10.4. The summed E-state index contributed by atoms with van der Waals surface area (Å²) in [4.78, 5) is 11.5. The fraction of sp³-hybridized carbons (Fsp3) is 0.364. The highest BCUT2D eigenvalue weighted by Gasteiger charge is 2.16. The second-order valence-electron chi connectivity index (χ2n) is 3.43. The zero-order chi connectivity index (χ0) is 13.6. The lowest BCUT2D eigenvalue weighted by molar-refractivity contribution is -0.118. The molecule has 0 fully saturated rings. The van der Waals surface area contributed by atoms with Crippen LogP contribution >= 0.6 is 23.4 Å². The lowest BCUT2D eigenvalue weighted by Gasteiger charge is -2.06. The molecule has 0 aliphatic rings. The second-order valence-corrected chi connectivity index (χ2v) is 6.94. The highest BCUT2D eigenvalue weighted by atomic mass is 35.5. The second kappa shape index (κ2) is 7.01. The van der Waals surface area contributed by atoms with E-state index in [1.165, 1.54) is 24.3 Å². The van der Waals surface area contributed by atoms with Crippen LogP contribution in [0.3, 0.4) is 0 Å². The summed E-state index contributed by atoms with van der Waals surface area (Å²) in [6, 6.07) is 5.65. The summed E-state index contributed by atoms with van der Waals surface area (Å²) in [5.41, 5.74) is 0. The Labute approximate surface area is 116 Å². The molecule has 0 bridgehead atoms. The quantitative estimate of drug-likeness (QED) is 0.819. The van der Waals surface area contributed by atoms with Crippen molar-refractivity contribution in [1.29, 1.82) is 0 Å². The molecule has 0 atom stereocenters. The third-order valence-corrected chi connectivity index (χ3v) is 4.59. The van der Waals surface area contributed by atoms with Crippen LogP contribution < -0.4 is 4.72 Å². The van der Waals surface area contributed by atoms with Crippen LogP contribution in [0.1, 0.15) is 13.3 Å². The average molecular weight is 308 g/mol. The highest BCUT2D eigenvalue weighted by Crippen LogP contribution is 2.14. The van der Waals surface area contributed by atoms with Gasteiger partial charge >= 0.3 is 0 Å². The van der Waals surface area contributed by atoms with Crippen molar-refractivity contribution in [3.8, 4) is 0 Å². The van der Waals surface area contributed by atoms with Crippen molar-refractivity contribution >= 4 is 39.3 Å². The molecule has 0 radical (unpaired) electrons. The Kier molecular flexibility index (Phi) is 5.98. The summed E-state index contributed by atoms with van der Waals surface area (Å²) in [7, 11) is -3.78. The van der Waals surface area contributed by atoms with Crippen molar-refractivity contribution < 1.29 is 13.2 Å². The largest absolute Gasteiger partial charge is 0.274 e. The third-order valence-electron chi connectivity index (χ3n) is 2.05. The number of hydrogen-bond acceptors (Lipinski definition) is 4. The Hall–Kier alpha value is -0.720. The number of carbonyl (C=O) groups excluding carboxylic acids is 1. The maximum atomic E-state index is 11.8. The third kappa shape index (κ3) is 4.88. The van der Waals surface area contributed by atoms with Gasteiger partial charge in [0, 0.05) is 17.2 Å². The minimum absolute atomic E-state index is 0.0309. The van der Waals surface area contributed by atoms with E-state index in [-0.39, 0.29) is 11.3 Å². The topological polar surface area (TPSA) is 63.2 Å². The molecule has 18 heavy (non-hydrogen) atoms. The maximum absolute atomic E-state index is 11.8. The monoisotopic (exact) mass is 307 g/mol. The van der Waals surface area contributed by atoms with Crippen LogP contribution in [-0.4, -0.2) is 25.8 Å². The van der Waals surface area contributed by atoms with Crippen LogP contribution in [0.2, 0.25) is 5.02 Å². The van der Waals surface area contributed by atoms with Crippen molar-refractivity contribution in [2.75, 3.05) is 11.5 Å². The zero-order valence-corrected chi connectivity index (χ0v) is 12.2. The normalized spacial score (nSPS) is 11.2. The minimum Gasteiger partial charge on any atom is -0.274 e. The molecular weight excluding hydrogens is 294 g/mol. The first-order valence-corrected chi connectivity index (χ1v) is 8.36. The van der Waals surface area contributed by atoms with Gasteiger partial charge in [0.25, 0.3) is 10.0 Å². The lowest BCUT2D eigenvalue weighted by Crippen LogP contribution is -2.30. The van der Waals surface area contributed by atoms with Crippen molar-refractivity contribution in [2.24, 2.45) is 0 Å². The van der Waals surface area contributed by atoms with Gasteiger partial charge in [-0.25, -0.2) is 13.1 Å². The molecule has 100 valence electrons. The van der Waals surface area contributed by atoms with E-state index in [0.717, 1.165) is 5.75 Å². The summed E-state index contributed by atoms with van der Waals surface area (Å²) < 4.78 is 25.6. The van der Waals surface area contributed by atoms with Crippen molar-refractivity contribution in [3.05, 3.63) is 29.3 Å². The molecule has 1 N–H and O–H groups in total. The number of halogens is 1. The molecule has 1 aromatic carbocycles. The van der Waals surface area contributed by atoms with Gasteiger partial charge < -0.3 is 0 Å². The minimum atomic E-state index is -3.78. The molecule has 0 aromatic heterocycles. The molecule has 1 rings (SSSR count). The van der Waals surface area contributed by atoms with E-state index in [1.807, 2.05) is 11.6 Å². The van der Waals surface area contributed by atoms with Gasteiger partial charge in [-0.3, -0.25) is 4.79 Å². The van der Waals surface area contributed by atoms with E-state index in [1.54, 1.807) is 11.8 Å². The van der Waals surface area contributed by atoms with E-state index in [9.17, 15) is 13.2 Å². The fourth-order valence-corrected chi connectivity index (χ4v) is 2.94. The van der Waals surface area contributed by atoms with Crippen LogP contribution in [0.15, 0.2) is 29.2 Å². The van der Waals surface area contributed by atoms with Crippen molar-refractivity contribution in [3.63, 3.8) is 0 Å². The molecule has 1 aromatic rings. The first-order valence-electron chi connectivity index (χ1n) is 5.34. The SMILES string of the molecule is CCSCCC(=O)NS(=O)(=O)c1ccc(Cl)cc1. The van der Waals surface area contributed by atoms with E-state index in [0.29, 0.717) is 10.8 Å². The average Bonchev–Trinajstić information content (AvgIpc) is 2.29. The molecule has 4 nitrogen and oxygen atoms in total. The van der Waals surface area contributed by atoms with E-state index in [4.69, 9.17) is 11.6 Å². The molecule has 0 unspecified atom stereocenters. The summed E-state index contributed by atoms with van der Waals surface area (Å²) >= 11 is 7.25. The van der Waals surface area contributed by atoms with Crippen LogP contribution in [0.4, 0.5) is 0 Å². The first kappa shape index (κ1) is 15.3. The predicted octanol–water partition coefficient (Wildman–Crippen LogP) is 2.29. The Morgan fingerprint density at radius 2 is 1.94 bits per heavy atom. The van der Waals surface area contributed by atoms with Gasteiger partial charge in [0.15, 0.2) is 0 Å². The zero-order valence-electron chi connectivity index (χ0n) is 9.85. The molecule has 0 aliphatic carbocycles. The molecular formula is C11H14ClNO3S2. The number of hydrogen-bond donors (Lipinski definition) is 1. The van der Waals surface area contributed by atoms with Crippen LogP contribution in [0.25, 0.3) is 0 Å². The van der Waals surface area contributed by atoms with Crippen LogP contribution in [0.5, 0.6) is 0 Å². The number of thioether (sulfide) groups is 1. The van der Waals surface area contributed by atoms with Gasteiger partial charge in [-0.05, 0) is 30.0 Å². The molecule has 0 saturated heterocycles. The van der Waals surface area contributed by atoms with Crippen LogP contribution in [-0.2, 0) is 14.8 Å².